The third kappa shape index (κ3) is 3.61. The first-order chi connectivity index (χ1) is 8.34. The molecule has 4 nitrogen and oxygen atoms in total. The topological polar surface area (TPSA) is 61.5 Å². The highest BCUT2D eigenvalue weighted by atomic mass is 35.5. The van der Waals surface area contributed by atoms with Crippen LogP contribution < -0.4 is 10.5 Å². The van der Waals surface area contributed by atoms with Crippen molar-refractivity contribution >= 4 is 18.4 Å². The number of carbonyl (C=O) groups excluding carboxylic acids is 1. The number of hydrogen-bond donors (Lipinski definition) is 1. The van der Waals surface area contributed by atoms with Crippen LogP contribution in [0.15, 0.2) is 18.2 Å². The minimum absolute atomic E-state index is 0. The van der Waals surface area contributed by atoms with Gasteiger partial charge in [-0.15, -0.1) is 12.4 Å². The van der Waals surface area contributed by atoms with E-state index >= 15 is 0 Å². The summed E-state index contributed by atoms with van der Waals surface area (Å²) in [5.41, 5.74) is 7.28. The first-order valence-corrected chi connectivity index (χ1v) is 5.83. The summed E-state index contributed by atoms with van der Waals surface area (Å²) in [5, 5.41) is 0. The molecule has 1 atom stereocenters. The van der Waals surface area contributed by atoms with Crippen molar-refractivity contribution in [3.05, 3.63) is 29.3 Å². The van der Waals surface area contributed by atoms with Gasteiger partial charge in [0.1, 0.15) is 5.75 Å². The van der Waals surface area contributed by atoms with Crippen LogP contribution in [0.3, 0.4) is 0 Å². The molecular formula is C14H22ClNO3. The average Bonchev–Trinajstić information content (AvgIpc) is 2.36. The first-order valence-electron chi connectivity index (χ1n) is 5.83. The molecule has 0 saturated heterocycles. The van der Waals surface area contributed by atoms with Gasteiger partial charge in [-0.25, -0.2) is 0 Å². The number of hydrogen-bond acceptors (Lipinski definition) is 4. The molecule has 0 spiro atoms. The number of rotatable bonds is 4. The fourth-order valence-electron chi connectivity index (χ4n) is 1.90. The molecule has 19 heavy (non-hydrogen) atoms. The van der Waals surface area contributed by atoms with E-state index in [1.54, 1.807) is 21.0 Å². The second kappa shape index (κ2) is 6.78. The summed E-state index contributed by atoms with van der Waals surface area (Å²) in [7, 11) is 3.00. The zero-order valence-corrected chi connectivity index (χ0v) is 12.8. The molecule has 0 aliphatic heterocycles. The third-order valence-electron chi connectivity index (χ3n) is 3.27. The minimum atomic E-state index is -0.768. The zero-order valence-electron chi connectivity index (χ0n) is 12.0. The quantitative estimate of drug-likeness (QED) is 0.865. The smallest absolute Gasteiger partial charge is 0.313 e. The van der Waals surface area contributed by atoms with Crippen LogP contribution in [0.4, 0.5) is 0 Å². The monoisotopic (exact) mass is 287 g/mol. The van der Waals surface area contributed by atoms with Crippen LogP contribution in [0.25, 0.3) is 0 Å². The van der Waals surface area contributed by atoms with E-state index in [-0.39, 0.29) is 18.4 Å². The van der Waals surface area contributed by atoms with Crippen LogP contribution in [-0.4, -0.2) is 20.2 Å². The van der Waals surface area contributed by atoms with Gasteiger partial charge in [0.2, 0.25) is 0 Å². The minimum Gasteiger partial charge on any atom is -0.496 e. The maximum absolute atomic E-state index is 11.7. The number of nitrogens with two attached hydrogens (primary N) is 1. The number of halogens is 1. The summed E-state index contributed by atoms with van der Waals surface area (Å²) in [4.78, 5) is 11.7. The normalized spacial score (nSPS) is 12.3. The Morgan fingerprint density at radius 3 is 2.32 bits per heavy atom. The Balaban J connectivity index is 0.00000324. The van der Waals surface area contributed by atoms with Crippen LogP contribution in [0.5, 0.6) is 5.75 Å². The van der Waals surface area contributed by atoms with Crippen molar-refractivity contribution in [3.8, 4) is 5.75 Å². The molecule has 0 aromatic heterocycles. The Hall–Kier alpha value is -1.26. The van der Waals surface area contributed by atoms with Gasteiger partial charge in [-0.1, -0.05) is 12.1 Å². The van der Waals surface area contributed by atoms with Gasteiger partial charge in [-0.05, 0) is 38.0 Å². The lowest BCUT2D eigenvalue weighted by Gasteiger charge is -2.29. The van der Waals surface area contributed by atoms with E-state index in [2.05, 4.69) is 0 Å². The Morgan fingerprint density at radius 2 is 1.89 bits per heavy atom. The number of methoxy groups -OCH3 is 2. The van der Waals surface area contributed by atoms with Crippen molar-refractivity contribution in [3.63, 3.8) is 0 Å². The third-order valence-corrected chi connectivity index (χ3v) is 3.27. The fraction of sp³-hybridized carbons (Fsp3) is 0.500. The summed E-state index contributed by atoms with van der Waals surface area (Å²) in [6.07, 6.45) is 0. The van der Waals surface area contributed by atoms with Crippen LogP contribution in [-0.2, 0) is 9.53 Å². The Bertz CT molecular complexity index is 446. The highest BCUT2D eigenvalue weighted by Crippen LogP contribution is 2.34. The molecule has 0 amide bonds. The molecule has 0 saturated carbocycles. The van der Waals surface area contributed by atoms with E-state index in [4.69, 9.17) is 15.2 Å². The number of carbonyl (C=O) groups is 1. The molecule has 1 aromatic carbocycles. The van der Waals surface area contributed by atoms with E-state index in [9.17, 15) is 4.79 Å². The zero-order chi connectivity index (χ0) is 13.9. The van der Waals surface area contributed by atoms with Gasteiger partial charge in [0, 0.05) is 6.04 Å². The largest absolute Gasteiger partial charge is 0.496 e. The molecule has 1 rings (SSSR count). The lowest BCUT2D eigenvalue weighted by Crippen LogP contribution is -2.37. The van der Waals surface area contributed by atoms with Crippen molar-refractivity contribution in [2.75, 3.05) is 14.2 Å². The van der Waals surface area contributed by atoms with Gasteiger partial charge >= 0.3 is 5.97 Å². The molecule has 0 unspecified atom stereocenters. The SMILES string of the molecule is COC(=O)C(C)(C)[C@@H](N)c1ccc(OC)c(C)c1.Cl. The highest BCUT2D eigenvalue weighted by Gasteiger charge is 2.36. The summed E-state index contributed by atoms with van der Waals surface area (Å²) >= 11 is 0. The molecule has 0 bridgehead atoms. The summed E-state index contributed by atoms with van der Waals surface area (Å²) in [6, 6.07) is 5.25. The number of ether oxygens (including phenoxy) is 2. The number of esters is 1. The lowest BCUT2D eigenvalue weighted by molar-refractivity contribution is -0.152. The van der Waals surface area contributed by atoms with Crippen molar-refractivity contribution in [1.29, 1.82) is 0 Å². The Labute approximate surface area is 120 Å². The highest BCUT2D eigenvalue weighted by molar-refractivity contribution is 5.85. The first kappa shape index (κ1) is 17.7. The predicted molar refractivity (Wildman–Crippen MR) is 77.7 cm³/mol. The van der Waals surface area contributed by atoms with Gasteiger partial charge in [0.25, 0.3) is 0 Å². The van der Waals surface area contributed by atoms with Crippen molar-refractivity contribution in [2.45, 2.75) is 26.8 Å². The van der Waals surface area contributed by atoms with Gasteiger partial charge < -0.3 is 15.2 Å². The molecular weight excluding hydrogens is 266 g/mol. The van der Waals surface area contributed by atoms with Crippen molar-refractivity contribution in [2.24, 2.45) is 11.1 Å². The van der Waals surface area contributed by atoms with E-state index in [0.29, 0.717) is 0 Å². The second-order valence-electron chi connectivity index (χ2n) is 4.92. The molecule has 0 radical (unpaired) electrons. The van der Waals surface area contributed by atoms with Crippen molar-refractivity contribution in [1.82, 2.24) is 0 Å². The molecule has 0 aliphatic rings. The summed E-state index contributed by atoms with van der Waals surface area (Å²) in [6.45, 7) is 5.51. The second-order valence-corrected chi connectivity index (χ2v) is 4.92. The van der Waals surface area contributed by atoms with E-state index in [1.165, 1.54) is 7.11 Å². The maximum Gasteiger partial charge on any atom is 0.313 e. The maximum atomic E-state index is 11.7. The van der Waals surface area contributed by atoms with Crippen molar-refractivity contribution < 1.29 is 14.3 Å². The van der Waals surface area contributed by atoms with E-state index < -0.39 is 11.5 Å². The predicted octanol–water partition coefficient (Wildman–Crippen LogP) is 2.62. The fourth-order valence-corrected chi connectivity index (χ4v) is 1.90. The van der Waals surface area contributed by atoms with Crippen LogP contribution in [0.1, 0.15) is 31.0 Å². The van der Waals surface area contributed by atoms with Crippen LogP contribution in [0.2, 0.25) is 0 Å². The van der Waals surface area contributed by atoms with Gasteiger partial charge in [0.05, 0.1) is 19.6 Å². The van der Waals surface area contributed by atoms with E-state index in [0.717, 1.165) is 16.9 Å². The standard InChI is InChI=1S/C14H21NO3.ClH/c1-9-8-10(6-7-11(9)17-4)12(15)14(2,3)13(16)18-5;/h6-8,12H,15H2,1-5H3;1H/t12-;/m0./s1. The molecule has 0 aliphatic carbocycles. The van der Waals surface area contributed by atoms with Gasteiger partial charge in [-0.2, -0.15) is 0 Å². The Morgan fingerprint density at radius 1 is 1.32 bits per heavy atom. The average molecular weight is 288 g/mol. The summed E-state index contributed by atoms with van der Waals surface area (Å²) in [5.74, 6) is 0.491. The molecule has 5 heteroatoms. The van der Waals surface area contributed by atoms with Gasteiger partial charge in [-0.3, -0.25) is 4.79 Å². The molecule has 108 valence electrons. The lowest BCUT2D eigenvalue weighted by atomic mass is 9.80. The van der Waals surface area contributed by atoms with Crippen LogP contribution in [0, 0.1) is 12.3 Å². The number of aryl methyl sites for hydroxylation is 1. The number of benzene rings is 1. The Kier molecular flexibility index (Phi) is 6.33. The molecule has 1 aromatic rings. The van der Waals surface area contributed by atoms with Gasteiger partial charge in [0.15, 0.2) is 0 Å². The molecule has 2 N–H and O–H groups in total. The van der Waals surface area contributed by atoms with Crippen LogP contribution >= 0.6 is 12.4 Å². The summed E-state index contributed by atoms with van der Waals surface area (Å²) < 4.78 is 9.99. The molecule has 0 fully saturated rings. The molecule has 0 heterocycles. The van der Waals surface area contributed by atoms with E-state index in [1.807, 2.05) is 25.1 Å².